The average molecular weight is 317 g/mol. The Kier molecular flexibility index (Phi) is 6.30. The monoisotopic (exact) mass is 317 g/mol. The molecule has 1 amide bonds. The summed E-state index contributed by atoms with van der Waals surface area (Å²) in [5.74, 6) is -2.49. The minimum absolute atomic E-state index is 0.282. The van der Waals surface area contributed by atoms with Crippen LogP contribution in [0.25, 0.3) is 0 Å². The molecule has 0 aliphatic heterocycles. The van der Waals surface area contributed by atoms with Crippen molar-refractivity contribution in [1.29, 1.82) is 5.26 Å². The van der Waals surface area contributed by atoms with Crippen LogP contribution in [0, 0.1) is 11.3 Å². The number of esters is 1. The van der Waals surface area contributed by atoms with Crippen LogP contribution in [0.5, 0.6) is 0 Å². The number of rotatable bonds is 6. The summed E-state index contributed by atoms with van der Waals surface area (Å²) < 4.78 is 4.56. The van der Waals surface area contributed by atoms with E-state index in [4.69, 9.17) is 10.4 Å². The van der Waals surface area contributed by atoms with Gasteiger partial charge >= 0.3 is 11.9 Å². The molecule has 0 heterocycles. The summed E-state index contributed by atoms with van der Waals surface area (Å²) in [6.45, 7) is 1.29. The fourth-order valence-electron chi connectivity index (χ4n) is 1.46. The highest BCUT2D eigenvalue weighted by atomic mass is 16.5. The first-order chi connectivity index (χ1) is 10.9. The van der Waals surface area contributed by atoms with Crippen LogP contribution in [0.2, 0.25) is 0 Å². The van der Waals surface area contributed by atoms with Gasteiger partial charge in [0.2, 0.25) is 0 Å². The van der Waals surface area contributed by atoms with E-state index < -0.39 is 23.9 Å². The smallest absolute Gasteiger partial charge is 0.337 e. The topological polar surface area (TPSA) is 129 Å². The van der Waals surface area contributed by atoms with Gasteiger partial charge < -0.3 is 20.5 Å². The number of benzene rings is 1. The molecule has 23 heavy (non-hydrogen) atoms. The number of amides is 1. The first-order valence-corrected chi connectivity index (χ1v) is 6.48. The van der Waals surface area contributed by atoms with Gasteiger partial charge in [0.25, 0.3) is 5.91 Å². The molecule has 0 aromatic heterocycles. The molecule has 0 saturated heterocycles. The molecule has 0 spiro atoms. The fourth-order valence-corrected chi connectivity index (χ4v) is 1.46. The van der Waals surface area contributed by atoms with Crippen molar-refractivity contribution in [2.24, 2.45) is 0 Å². The minimum atomic E-state index is -1.21. The molecule has 0 fully saturated rings. The van der Waals surface area contributed by atoms with E-state index in [-0.39, 0.29) is 5.57 Å². The van der Waals surface area contributed by atoms with Gasteiger partial charge in [0.05, 0.1) is 12.7 Å². The number of anilines is 1. The Labute approximate surface area is 132 Å². The number of carboxylic acids is 1. The van der Waals surface area contributed by atoms with Crippen molar-refractivity contribution < 1.29 is 24.2 Å². The molecule has 0 bridgehead atoms. The summed E-state index contributed by atoms with van der Waals surface area (Å²) >= 11 is 0. The lowest BCUT2D eigenvalue weighted by Crippen LogP contribution is -2.39. The molecule has 1 aromatic carbocycles. The molecule has 0 aliphatic rings. The molecule has 0 radical (unpaired) electrons. The zero-order valence-electron chi connectivity index (χ0n) is 12.5. The van der Waals surface area contributed by atoms with E-state index in [9.17, 15) is 14.4 Å². The van der Waals surface area contributed by atoms with Crippen LogP contribution in [-0.4, -0.2) is 36.1 Å². The number of ether oxygens (including phenoxy) is 1. The fraction of sp³-hybridized carbons (Fsp3) is 0.200. The zero-order chi connectivity index (χ0) is 17.4. The van der Waals surface area contributed by atoms with Crippen molar-refractivity contribution in [1.82, 2.24) is 5.32 Å². The molecule has 1 rings (SSSR count). The van der Waals surface area contributed by atoms with Crippen molar-refractivity contribution in [2.45, 2.75) is 13.0 Å². The third-order valence-corrected chi connectivity index (χ3v) is 2.77. The van der Waals surface area contributed by atoms with Crippen molar-refractivity contribution in [3.63, 3.8) is 0 Å². The lowest BCUT2D eigenvalue weighted by molar-refractivity contribution is -0.140. The number of hydrogen-bond acceptors (Lipinski definition) is 6. The second-order valence-electron chi connectivity index (χ2n) is 4.42. The Hall–Kier alpha value is -3.34. The van der Waals surface area contributed by atoms with Gasteiger partial charge in [-0.1, -0.05) is 0 Å². The number of carbonyl (C=O) groups is 3. The summed E-state index contributed by atoms with van der Waals surface area (Å²) in [7, 11) is 1.27. The Morgan fingerprint density at radius 3 is 2.39 bits per heavy atom. The van der Waals surface area contributed by atoms with E-state index in [1.54, 1.807) is 18.2 Å². The second kappa shape index (κ2) is 8.19. The number of aliphatic carboxylic acids is 1. The van der Waals surface area contributed by atoms with Gasteiger partial charge in [-0.15, -0.1) is 0 Å². The van der Waals surface area contributed by atoms with Gasteiger partial charge in [-0.25, -0.2) is 4.79 Å². The Bertz CT molecular complexity index is 673. The SMILES string of the molecule is COC(=O)c1ccc(N/C=C(/C#N)C(=O)NC(C)C(=O)O)cc1. The van der Waals surface area contributed by atoms with E-state index in [1.807, 2.05) is 0 Å². The average Bonchev–Trinajstić information content (AvgIpc) is 2.55. The van der Waals surface area contributed by atoms with E-state index in [0.717, 1.165) is 6.20 Å². The van der Waals surface area contributed by atoms with Gasteiger partial charge in [0.15, 0.2) is 0 Å². The van der Waals surface area contributed by atoms with Crippen LogP contribution in [0.4, 0.5) is 5.69 Å². The van der Waals surface area contributed by atoms with Crippen molar-refractivity contribution >= 4 is 23.5 Å². The number of hydrogen-bond donors (Lipinski definition) is 3. The summed E-state index contributed by atoms with van der Waals surface area (Å²) in [5, 5.41) is 22.5. The Balaban J connectivity index is 2.77. The van der Waals surface area contributed by atoms with Crippen LogP contribution in [0.3, 0.4) is 0 Å². The molecule has 1 unspecified atom stereocenters. The van der Waals surface area contributed by atoms with Crippen LogP contribution in [-0.2, 0) is 14.3 Å². The standard InChI is InChI=1S/C15H15N3O5/c1-9(14(20)21)18-13(19)11(7-16)8-17-12-5-3-10(4-6-12)15(22)23-2/h3-6,8-9,17H,1-2H3,(H,18,19)(H,20,21)/b11-8-. The van der Waals surface area contributed by atoms with Gasteiger partial charge in [0.1, 0.15) is 17.7 Å². The number of methoxy groups -OCH3 is 1. The number of nitriles is 1. The molecule has 8 heteroatoms. The quantitative estimate of drug-likeness (QED) is 0.403. The third-order valence-electron chi connectivity index (χ3n) is 2.77. The molecular weight excluding hydrogens is 302 g/mol. The van der Waals surface area contributed by atoms with Crippen molar-refractivity contribution in [2.75, 3.05) is 12.4 Å². The highest BCUT2D eigenvalue weighted by Gasteiger charge is 2.16. The maximum Gasteiger partial charge on any atom is 0.337 e. The number of nitrogens with zero attached hydrogens (tertiary/aromatic N) is 1. The summed E-state index contributed by atoms with van der Waals surface area (Å²) in [4.78, 5) is 33.7. The van der Waals surface area contributed by atoms with Gasteiger partial charge in [0, 0.05) is 11.9 Å². The first-order valence-electron chi connectivity index (χ1n) is 6.48. The predicted octanol–water partition coefficient (Wildman–Crippen LogP) is 0.882. The lowest BCUT2D eigenvalue weighted by atomic mass is 10.2. The van der Waals surface area contributed by atoms with Gasteiger partial charge in [-0.05, 0) is 31.2 Å². The van der Waals surface area contributed by atoms with E-state index in [0.29, 0.717) is 11.3 Å². The Morgan fingerprint density at radius 2 is 1.91 bits per heavy atom. The van der Waals surface area contributed by atoms with Crippen LogP contribution in [0.1, 0.15) is 17.3 Å². The molecule has 0 aliphatic carbocycles. The van der Waals surface area contributed by atoms with E-state index in [2.05, 4.69) is 15.4 Å². The molecule has 1 atom stereocenters. The molecule has 1 aromatic rings. The van der Waals surface area contributed by atoms with Gasteiger partial charge in [-0.2, -0.15) is 5.26 Å². The molecule has 120 valence electrons. The number of nitrogens with one attached hydrogen (secondary N) is 2. The second-order valence-corrected chi connectivity index (χ2v) is 4.42. The molecular formula is C15H15N3O5. The van der Waals surface area contributed by atoms with Crippen molar-refractivity contribution in [3.8, 4) is 6.07 Å². The third kappa shape index (κ3) is 5.17. The zero-order valence-corrected chi connectivity index (χ0v) is 12.5. The Morgan fingerprint density at radius 1 is 1.30 bits per heavy atom. The molecule has 8 nitrogen and oxygen atoms in total. The normalized spacial score (nSPS) is 11.8. The predicted molar refractivity (Wildman–Crippen MR) is 80.3 cm³/mol. The van der Waals surface area contributed by atoms with Gasteiger partial charge in [-0.3, -0.25) is 9.59 Å². The number of carbonyl (C=O) groups excluding carboxylic acids is 2. The summed E-state index contributed by atoms with van der Waals surface area (Å²) in [6, 6.07) is 6.72. The summed E-state index contributed by atoms with van der Waals surface area (Å²) in [5.41, 5.74) is 0.607. The van der Waals surface area contributed by atoms with E-state index >= 15 is 0 Å². The number of carboxylic acid groups (broad SMARTS) is 1. The van der Waals surface area contributed by atoms with Crippen molar-refractivity contribution in [3.05, 3.63) is 41.6 Å². The molecule has 3 N–H and O–H groups in total. The largest absolute Gasteiger partial charge is 0.480 e. The summed E-state index contributed by atoms with van der Waals surface area (Å²) in [6.07, 6.45) is 1.15. The lowest BCUT2D eigenvalue weighted by Gasteiger charge is -2.08. The van der Waals surface area contributed by atoms with Crippen LogP contribution >= 0.6 is 0 Å². The highest BCUT2D eigenvalue weighted by molar-refractivity contribution is 5.99. The van der Waals surface area contributed by atoms with Crippen LogP contribution in [0.15, 0.2) is 36.0 Å². The first kappa shape index (κ1) is 17.7. The maximum atomic E-state index is 11.7. The van der Waals surface area contributed by atoms with Crippen LogP contribution < -0.4 is 10.6 Å². The maximum absolute atomic E-state index is 11.7. The highest BCUT2D eigenvalue weighted by Crippen LogP contribution is 2.11. The van der Waals surface area contributed by atoms with E-state index in [1.165, 1.54) is 26.2 Å². The molecule has 0 saturated carbocycles. The minimum Gasteiger partial charge on any atom is -0.480 e.